The molecule has 0 bridgehead atoms. The van der Waals surface area contributed by atoms with Crippen LogP contribution in [0.5, 0.6) is 0 Å². The van der Waals surface area contributed by atoms with Crippen molar-refractivity contribution in [2.75, 3.05) is 10.6 Å². The fourth-order valence-corrected chi connectivity index (χ4v) is 2.92. The number of halogens is 1. The van der Waals surface area contributed by atoms with Crippen LogP contribution in [0.1, 0.15) is 29.4 Å². The van der Waals surface area contributed by atoms with Crippen LogP contribution in [0.2, 0.25) is 0 Å². The number of rotatable bonds is 6. The largest absolute Gasteiger partial charge is 0.324 e. The molecule has 0 aliphatic heterocycles. The lowest BCUT2D eigenvalue weighted by atomic mass is 10.2. The molecule has 2 aromatic carbocycles. The Balaban J connectivity index is 1.40. The van der Waals surface area contributed by atoms with Crippen molar-refractivity contribution in [3.63, 3.8) is 0 Å². The molecule has 0 saturated carbocycles. The maximum absolute atomic E-state index is 13.1. The van der Waals surface area contributed by atoms with Crippen LogP contribution in [-0.2, 0) is 4.79 Å². The first-order valence-corrected chi connectivity index (χ1v) is 9.67. The van der Waals surface area contributed by atoms with E-state index in [0.717, 1.165) is 0 Å². The Bertz CT molecular complexity index is 1230. The van der Waals surface area contributed by atoms with Gasteiger partial charge in [0.25, 0.3) is 5.91 Å². The van der Waals surface area contributed by atoms with Crippen LogP contribution in [-0.4, -0.2) is 41.3 Å². The molecule has 2 heterocycles. The van der Waals surface area contributed by atoms with Gasteiger partial charge in [0.15, 0.2) is 0 Å². The highest BCUT2D eigenvalue weighted by Gasteiger charge is 2.17. The molecule has 162 valence electrons. The highest BCUT2D eigenvalue weighted by Crippen LogP contribution is 2.17. The van der Waals surface area contributed by atoms with Crippen molar-refractivity contribution in [3.8, 4) is 5.69 Å². The summed E-state index contributed by atoms with van der Waals surface area (Å²) < 4.78 is 16.1. The van der Waals surface area contributed by atoms with Crippen molar-refractivity contribution in [3.05, 3.63) is 78.7 Å². The summed E-state index contributed by atoms with van der Waals surface area (Å²) in [6.07, 6.45) is 2.83. The van der Waals surface area contributed by atoms with E-state index in [2.05, 4.69) is 30.8 Å². The van der Waals surface area contributed by atoms with Crippen LogP contribution in [0, 0.1) is 12.7 Å². The first-order chi connectivity index (χ1) is 15.4. The molecule has 2 aromatic heterocycles. The summed E-state index contributed by atoms with van der Waals surface area (Å²) in [6, 6.07) is 11.8. The van der Waals surface area contributed by atoms with Gasteiger partial charge in [-0.2, -0.15) is 5.10 Å². The summed E-state index contributed by atoms with van der Waals surface area (Å²) in [7, 11) is 0. The van der Waals surface area contributed by atoms with E-state index in [1.807, 2.05) is 0 Å². The van der Waals surface area contributed by atoms with E-state index in [0.29, 0.717) is 22.9 Å². The van der Waals surface area contributed by atoms with E-state index in [1.54, 1.807) is 50.2 Å². The SMILES string of the molecule is Cc1nc(C(=O)Nc2ccc(NC(=O)C(C)n3cncn3)cc2)nn1-c1ccc(F)cc1. The average molecular weight is 434 g/mol. The van der Waals surface area contributed by atoms with Crippen molar-refractivity contribution < 1.29 is 14.0 Å². The molecule has 2 amide bonds. The number of carbonyl (C=O) groups is 2. The summed E-state index contributed by atoms with van der Waals surface area (Å²) >= 11 is 0. The molecule has 0 aliphatic rings. The van der Waals surface area contributed by atoms with Gasteiger partial charge < -0.3 is 10.6 Å². The highest BCUT2D eigenvalue weighted by molar-refractivity contribution is 6.01. The van der Waals surface area contributed by atoms with Crippen LogP contribution in [0.25, 0.3) is 5.69 Å². The Morgan fingerprint density at radius 2 is 1.66 bits per heavy atom. The average Bonchev–Trinajstić information content (AvgIpc) is 3.45. The smallest absolute Gasteiger partial charge is 0.295 e. The standard InChI is InChI=1S/C21H19FN8O2/c1-13(29-12-23-11-24-29)20(31)26-16-5-7-17(8-6-16)27-21(32)19-25-14(2)30(28-19)18-9-3-15(22)4-10-18/h3-13H,1-2H3,(H,26,31)(H,27,32). The maximum atomic E-state index is 13.1. The Labute approximate surface area is 182 Å². The molecule has 0 fully saturated rings. The predicted molar refractivity (Wildman–Crippen MR) is 114 cm³/mol. The molecule has 10 nitrogen and oxygen atoms in total. The summed E-state index contributed by atoms with van der Waals surface area (Å²) in [4.78, 5) is 32.9. The topological polar surface area (TPSA) is 120 Å². The zero-order valence-corrected chi connectivity index (χ0v) is 17.2. The van der Waals surface area contributed by atoms with Gasteiger partial charge >= 0.3 is 0 Å². The monoisotopic (exact) mass is 434 g/mol. The van der Waals surface area contributed by atoms with E-state index in [-0.39, 0.29) is 17.5 Å². The number of hydrogen-bond donors (Lipinski definition) is 2. The Morgan fingerprint density at radius 1 is 1.00 bits per heavy atom. The summed E-state index contributed by atoms with van der Waals surface area (Å²) in [5.41, 5.74) is 1.67. The summed E-state index contributed by atoms with van der Waals surface area (Å²) in [6.45, 7) is 3.41. The third-order valence-electron chi connectivity index (χ3n) is 4.67. The van der Waals surface area contributed by atoms with Crippen LogP contribution >= 0.6 is 0 Å². The van der Waals surface area contributed by atoms with Gasteiger partial charge in [0.1, 0.15) is 30.3 Å². The lowest BCUT2D eigenvalue weighted by Crippen LogP contribution is -2.24. The zero-order chi connectivity index (χ0) is 22.7. The van der Waals surface area contributed by atoms with E-state index in [1.165, 1.54) is 34.2 Å². The zero-order valence-electron chi connectivity index (χ0n) is 17.2. The summed E-state index contributed by atoms with van der Waals surface area (Å²) in [5.74, 6) is -0.645. The second-order valence-electron chi connectivity index (χ2n) is 6.94. The molecule has 1 unspecified atom stereocenters. The van der Waals surface area contributed by atoms with E-state index in [9.17, 15) is 14.0 Å². The molecule has 0 radical (unpaired) electrons. The number of hydrogen-bond acceptors (Lipinski definition) is 6. The van der Waals surface area contributed by atoms with E-state index >= 15 is 0 Å². The lowest BCUT2D eigenvalue weighted by Gasteiger charge is -2.12. The molecule has 4 aromatic rings. The number of aromatic nitrogens is 6. The van der Waals surface area contributed by atoms with Crippen molar-refractivity contribution in [1.29, 1.82) is 0 Å². The van der Waals surface area contributed by atoms with E-state index < -0.39 is 11.9 Å². The van der Waals surface area contributed by atoms with Gasteiger partial charge in [-0.3, -0.25) is 9.59 Å². The molecule has 0 spiro atoms. The third kappa shape index (κ3) is 4.51. The summed E-state index contributed by atoms with van der Waals surface area (Å²) in [5, 5.41) is 13.7. The predicted octanol–water partition coefficient (Wildman–Crippen LogP) is 2.76. The molecular weight excluding hydrogens is 415 g/mol. The Morgan fingerprint density at radius 3 is 2.28 bits per heavy atom. The second-order valence-corrected chi connectivity index (χ2v) is 6.94. The van der Waals surface area contributed by atoms with Crippen molar-refractivity contribution in [2.45, 2.75) is 19.9 Å². The number of amides is 2. The fraction of sp³-hybridized carbons (Fsp3) is 0.143. The van der Waals surface area contributed by atoms with Gasteiger partial charge in [0.2, 0.25) is 11.7 Å². The van der Waals surface area contributed by atoms with Crippen molar-refractivity contribution in [1.82, 2.24) is 29.5 Å². The van der Waals surface area contributed by atoms with Crippen LogP contribution in [0.15, 0.2) is 61.2 Å². The number of carbonyl (C=O) groups excluding carboxylic acids is 2. The Kier molecular flexibility index (Phi) is 5.71. The van der Waals surface area contributed by atoms with Crippen LogP contribution in [0.4, 0.5) is 15.8 Å². The molecule has 4 rings (SSSR count). The molecule has 1 atom stereocenters. The molecule has 0 saturated heterocycles. The van der Waals surface area contributed by atoms with Gasteiger partial charge in [-0.15, -0.1) is 5.10 Å². The van der Waals surface area contributed by atoms with Gasteiger partial charge in [0, 0.05) is 11.4 Å². The Hall–Kier alpha value is -4.41. The maximum Gasteiger partial charge on any atom is 0.295 e. The highest BCUT2D eigenvalue weighted by atomic mass is 19.1. The molecule has 32 heavy (non-hydrogen) atoms. The lowest BCUT2D eigenvalue weighted by molar-refractivity contribution is -0.119. The fourth-order valence-electron chi connectivity index (χ4n) is 2.92. The van der Waals surface area contributed by atoms with Crippen molar-refractivity contribution in [2.24, 2.45) is 0 Å². The molecule has 11 heteroatoms. The van der Waals surface area contributed by atoms with Gasteiger partial charge in [-0.1, -0.05) is 0 Å². The first-order valence-electron chi connectivity index (χ1n) is 9.67. The minimum absolute atomic E-state index is 0.0224. The van der Waals surface area contributed by atoms with Gasteiger partial charge in [0.05, 0.1) is 5.69 Å². The molecule has 2 N–H and O–H groups in total. The molecular formula is C21H19FN8O2. The normalized spacial score (nSPS) is 11.7. The first kappa shape index (κ1) is 20.8. The number of nitrogens with one attached hydrogen (secondary N) is 2. The minimum atomic E-state index is -0.526. The van der Waals surface area contributed by atoms with E-state index in [4.69, 9.17) is 0 Å². The number of benzene rings is 2. The molecule has 0 aliphatic carbocycles. The number of nitrogens with zero attached hydrogens (tertiary/aromatic N) is 6. The van der Waals surface area contributed by atoms with Gasteiger partial charge in [-0.25, -0.2) is 23.7 Å². The van der Waals surface area contributed by atoms with Crippen LogP contribution < -0.4 is 10.6 Å². The quantitative estimate of drug-likeness (QED) is 0.482. The van der Waals surface area contributed by atoms with Gasteiger partial charge in [-0.05, 0) is 62.4 Å². The van der Waals surface area contributed by atoms with Crippen LogP contribution in [0.3, 0.4) is 0 Å². The second kappa shape index (κ2) is 8.76. The minimum Gasteiger partial charge on any atom is -0.324 e. The third-order valence-corrected chi connectivity index (χ3v) is 4.67. The number of aryl methyl sites for hydroxylation is 1. The number of anilines is 2. The van der Waals surface area contributed by atoms with Crippen molar-refractivity contribution >= 4 is 23.2 Å².